The Morgan fingerprint density at radius 3 is 2.44 bits per heavy atom. The summed E-state index contributed by atoms with van der Waals surface area (Å²) in [7, 11) is 1.62. The number of anilines is 1. The quantitative estimate of drug-likeness (QED) is 0.379. The Morgan fingerprint density at radius 2 is 1.72 bits per heavy atom. The van der Waals surface area contributed by atoms with Crippen LogP contribution in [0.4, 0.5) is 5.69 Å². The Labute approximate surface area is 190 Å². The van der Waals surface area contributed by atoms with E-state index in [1.54, 1.807) is 13.4 Å². The molecule has 0 spiro atoms. The summed E-state index contributed by atoms with van der Waals surface area (Å²) in [6.07, 6.45) is 1.61. The highest BCUT2D eigenvalue weighted by Gasteiger charge is 2.11. The zero-order valence-corrected chi connectivity index (χ0v) is 18.5. The molecule has 1 heterocycles. The molecule has 0 saturated heterocycles. The summed E-state index contributed by atoms with van der Waals surface area (Å²) in [5.74, 6) is 2.27. The van der Waals surface area contributed by atoms with E-state index in [1.165, 1.54) is 17.3 Å². The summed E-state index contributed by atoms with van der Waals surface area (Å²) in [5.41, 5.74) is 2.73. The molecule has 162 valence electrons. The van der Waals surface area contributed by atoms with Crippen molar-refractivity contribution in [1.82, 2.24) is 14.8 Å². The van der Waals surface area contributed by atoms with Gasteiger partial charge in [0.15, 0.2) is 5.16 Å². The van der Waals surface area contributed by atoms with Gasteiger partial charge in [-0.3, -0.25) is 9.36 Å². The molecule has 0 saturated carbocycles. The average molecular weight is 447 g/mol. The van der Waals surface area contributed by atoms with Gasteiger partial charge in [0.1, 0.15) is 23.6 Å². The Bertz CT molecular complexity index is 1190. The van der Waals surface area contributed by atoms with Crippen molar-refractivity contribution in [1.29, 1.82) is 0 Å². The maximum Gasteiger partial charge on any atom is 0.234 e. The SMILES string of the molecule is COc1cccc(-n2cnnc2SCC(=O)Nc2ccc(Oc3ccc(C)cc3)cc2)c1. The number of rotatable bonds is 8. The molecule has 0 fully saturated rings. The highest BCUT2D eigenvalue weighted by molar-refractivity contribution is 7.99. The minimum atomic E-state index is -0.137. The number of methoxy groups -OCH3 is 1. The van der Waals surface area contributed by atoms with Gasteiger partial charge in [0.2, 0.25) is 5.91 Å². The second kappa shape index (κ2) is 10.0. The van der Waals surface area contributed by atoms with Crippen LogP contribution in [0.5, 0.6) is 17.2 Å². The van der Waals surface area contributed by atoms with Crippen molar-refractivity contribution in [2.24, 2.45) is 0 Å². The fourth-order valence-electron chi connectivity index (χ4n) is 2.94. The predicted octanol–water partition coefficient (Wildman–Crippen LogP) is 5.11. The van der Waals surface area contributed by atoms with Crippen LogP contribution >= 0.6 is 11.8 Å². The fourth-order valence-corrected chi connectivity index (χ4v) is 3.67. The number of ether oxygens (including phenoxy) is 2. The molecule has 4 aromatic rings. The molecule has 0 aliphatic carbocycles. The van der Waals surface area contributed by atoms with Crippen molar-refractivity contribution in [2.75, 3.05) is 18.2 Å². The smallest absolute Gasteiger partial charge is 0.234 e. The molecule has 0 bridgehead atoms. The van der Waals surface area contributed by atoms with Crippen LogP contribution in [0.1, 0.15) is 5.56 Å². The summed E-state index contributed by atoms with van der Waals surface area (Å²) in [6.45, 7) is 2.03. The van der Waals surface area contributed by atoms with Gasteiger partial charge < -0.3 is 14.8 Å². The lowest BCUT2D eigenvalue weighted by atomic mass is 10.2. The number of nitrogens with one attached hydrogen (secondary N) is 1. The minimum Gasteiger partial charge on any atom is -0.497 e. The van der Waals surface area contributed by atoms with E-state index in [-0.39, 0.29) is 11.7 Å². The summed E-state index contributed by atoms with van der Waals surface area (Å²) in [4.78, 5) is 12.4. The zero-order chi connectivity index (χ0) is 22.3. The van der Waals surface area contributed by atoms with E-state index in [0.29, 0.717) is 16.6 Å². The molecule has 3 aromatic carbocycles. The van der Waals surface area contributed by atoms with E-state index >= 15 is 0 Å². The number of amides is 1. The van der Waals surface area contributed by atoms with Gasteiger partial charge in [0.25, 0.3) is 0 Å². The molecule has 0 aliphatic heterocycles. The molecule has 1 N–H and O–H groups in total. The Morgan fingerprint density at radius 1 is 1.00 bits per heavy atom. The highest BCUT2D eigenvalue weighted by atomic mass is 32.2. The molecule has 1 aromatic heterocycles. The molecule has 7 nitrogen and oxygen atoms in total. The van der Waals surface area contributed by atoms with Crippen LogP contribution in [0.25, 0.3) is 5.69 Å². The largest absolute Gasteiger partial charge is 0.497 e. The number of hydrogen-bond donors (Lipinski definition) is 1. The first-order valence-corrected chi connectivity index (χ1v) is 10.9. The first-order valence-electron chi connectivity index (χ1n) is 9.92. The molecule has 4 rings (SSSR count). The van der Waals surface area contributed by atoms with Crippen LogP contribution in [-0.4, -0.2) is 33.5 Å². The van der Waals surface area contributed by atoms with E-state index in [2.05, 4.69) is 15.5 Å². The fraction of sp³-hybridized carbons (Fsp3) is 0.125. The second-order valence-electron chi connectivity index (χ2n) is 6.96. The van der Waals surface area contributed by atoms with Crippen molar-refractivity contribution in [3.8, 4) is 22.9 Å². The van der Waals surface area contributed by atoms with E-state index in [0.717, 1.165) is 17.2 Å². The molecule has 1 amide bonds. The second-order valence-corrected chi connectivity index (χ2v) is 7.90. The normalized spacial score (nSPS) is 10.6. The van der Waals surface area contributed by atoms with Crippen molar-refractivity contribution in [3.05, 3.63) is 84.7 Å². The molecule has 0 atom stereocenters. The van der Waals surface area contributed by atoms with Crippen molar-refractivity contribution >= 4 is 23.4 Å². The summed E-state index contributed by atoms with van der Waals surface area (Å²) in [6, 6.07) is 22.7. The molecule has 32 heavy (non-hydrogen) atoms. The number of carbonyl (C=O) groups is 1. The number of aromatic nitrogens is 3. The lowest BCUT2D eigenvalue weighted by Gasteiger charge is -2.09. The van der Waals surface area contributed by atoms with E-state index < -0.39 is 0 Å². The van der Waals surface area contributed by atoms with Gasteiger partial charge in [0.05, 0.1) is 18.6 Å². The molecular weight excluding hydrogens is 424 g/mol. The number of nitrogens with zero attached hydrogens (tertiary/aromatic N) is 3. The summed E-state index contributed by atoms with van der Waals surface area (Å²) >= 11 is 1.31. The highest BCUT2D eigenvalue weighted by Crippen LogP contribution is 2.25. The van der Waals surface area contributed by atoms with Crippen molar-refractivity contribution in [3.63, 3.8) is 0 Å². The van der Waals surface area contributed by atoms with Gasteiger partial charge in [-0.25, -0.2) is 0 Å². The molecule has 8 heteroatoms. The first-order chi connectivity index (χ1) is 15.6. The number of carbonyl (C=O) groups excluding carboxylic acids is 1. The van der Waals surface area contributed by atoms with Crippen LogP contribution in [-0.2, 0) is 4.79 Å². The van der Waals surface area contributed by atoms with Gasteiger partial charge in [0, 0.05) is 11.8 Å². The van der Waals surface area contributed by atoms with Crippen molar-refractivity contribution < 1.29 is 14.3 Å². The van der Waals surface area contributed by atoms with Crippen LogP contribution < -0.4 is 14.8 Å². The molecular formula is C24H22N4O3S. The third-order valence-corrected chi connectivity index (χ3v) is 5.52. The van der Waals surface area contributed by atoms with Gasteiger partial charge in [-0.05, 0) is 55.5 Å². The molecule has 0 radical (unpaired) electrons. The van der Waals surface area contributed by atoms with Crippen LogP contribution in [0.3, 0.4) is 0 Å². The third-order valence-electron chi connectivity index (χ3n) is 4.58. The standard InChI is InChI=1S/C24H22N4O3S/c1-17-6-10-20(11-7-17)31-21-12-8-18(9-13-21)26-23(29)15-32-24-27-25-16-28(24)19-4-3-5-22(14-19)30-2/h3-14,16H,15H2,1-2H3,(H,26,29). The zero-order valence-electron chi connectivity index (χ0n) is 17.7. The third kappa shape index (κ3) is 5.47. The van der Waals surface area contributed by atoms with Gasteiger partial charge in [-0.2, -0.15) is 0 Å². The average Bonchev–Trinajstić information content (AvgIpc) is 3.29. The van der Waals surface area contributed by atoms with E-state index in [4.69, 9.17) is 9.47 Å². The molecule has 0 unspecified atom stereocenters. The lowest BCUT2D eigenvalue weighted by Crippen LogP contribution is -2.14. The van der Waals surface area contributed by atoms with E-state index in [9.17, 15) is 4.79 Å². The first kappa shape index (κ1) is 21.5. The monoisotopic (exact) mass is 446 g/mol. The number of benzene rings is 3. The topological polar surface area (TPSA) is 78.3 Å². The Hall–Kier alpha value is -3.78. The number of hydrogen-bond acceptors (Lipinski definition) is 6. The summed E-state index contributed by atoms with van der Waals surface area (Å²) < 4.78 is 12.9. The van der Waals surface area contributed by atoms with Crippen molar-refractivity contribution in [2.45, 2.75) is 12.1 Å². The van der Waals surface area contributed by atoms with Crippen LogP contribution in [0.15, 0.2) is 84.3 Å². The van der Waals surface area contributed by atoms with Crippen LogP contribution in [0.2, 0.25) is 0 Å². The van der Waals surface area contributed by atoms with Gasteiger partial charge in [-0.15, -0.1) is 10.2 Å². The number of thioether (sulfide) groups is 1. The summed E-state index contributed by atoms with van der Waals surface area (Å²) in [5, 5.41) is 11.6. The Kier molecular flexibility index (Phi) is 6.72. The van der Waals surface area contributed by atoms with E-state index in [1.807, 2.05) is 84.3 Å². The number of aryl methyl sites for hydroxylation is 1. The van der Waals surface area contributed by atoms with Gasteiger partial charge >= 0.3 is 0 Å². The maximum absolute atomic E-state index is 12.4. The van der Waals surface area contributed by atoms with Gasteiger partial charge in [-0.1, -0.05) is 35.5 Å². The molecule has 0 aliphatic rings. The maximum atomic E-state index is 12.4. The minimum absolute atomic E-state index is 0.137. The predicted molar refractivity (Wildman–Crippen MR) is 125 cm³/mol. The lowest BCUT2D eigenvalue weighted by molar-refractivity contribution is -0.113. The van der Waals surface area contributed by atoms with Crippen LogP contribution in [0, 0.1) is 6.92 Å². The Balaban J connectivity index is 1.33.